The first-order chi connectivity index (χ1) is 11.8. The summed E-state index contributed by atoms with van der Waals surface area (Å²) in [7, 11) is 0. The van der Waals surface area contributed by atoms with Gasteiger partial charge in [-0.3, -0.25) is 9.69 Å². The van der Waals surface area contributed by atoms with Gasteiger partial charge in [0.25, 0.3) is 0 Å². The molecule has 1 aliphatic heterocycles. The Kier molecular flexibility index (Phi) is 4.67. The molecule has 1 fully saturated rings. The quantitative estimate of drug-likeness (QED) is 0.854. The highest BCUT2D eigenvalue weighted by atomic mass is 32.1. The maximum Gasteiger partial charge on any atom is 0.230 e. The second-order valence-electron chi connectivity index (χ2n) is 6.82. The van der Waals surface area contributed by atoms with Crippen LogP contribution in [0.4, 0.5) is 0 Å². The Bertz CT molecular complexity index is 697. The number of fused-ring (bicyclic) bond motifs is 1. The molecule has 4 heteroatoms. The highest BCUT2D eigenvalue weighted by molar-refractivity contribution is 7.09. The molecule has 1 amide bonds. The third-order valence-corrected chi connectivity index (χ3v) is 6.15. The molecule has 3 nitrogen and oxygen atoms in total. The maximum absolute atomic E-state index is 13.0. The number of carbonyl (C=O) groups excluding carboxylic acids is 1. The predicted octanol–water partition coefficient (Wildman–Crippen LogP) is 3.51. The Labute approximate surface area is 147 Å². The van der Waals surface area contributed by atoms with Crippen LogP contribution < -0.4 is 0 Å². The second kappa shape index (κ2) is 7.08. The van der Waals surface area contributed by atoms with Gasteiger partial charge in [0.1, 0.15) is 0 Å². The lowest BCUT2D eigenvalue weighted by molar-refractivity contribution is -0.132. The third kappa shape index (κ3) is 3.26. The predicted molar refractivity (Wildman–Crippen MR) is 98.3 cm³/mol. The van der Waals surface area contributed by atoms with Crippen molar-refractivity contribution in [2.24, 2.45) is 0 Å². The number of nitrogens with zero attached hydrogens (tertiary/aromatic N) is 2. The molecule has 1 saturated heterocycles. The SMILES string of the molecule is O=C(C1CCc2ccccc21)N1CCCN(Cc2cccs2)CC1. The molecule has 126 valence electrons. The lowest BCUT2D eigenvalue weighted by Gasteiger charge is -2.25. The number of thiophene rings is 1. The average molecular weight is 340 g/mol. The fourth-order valence-electron chi connectivity index (χ4n) is 4.01. The zero-order chi connectivity index (χ0) is 16.4. The molecule has 1 aliphatic carbocycles. The van der Waals surface area contributed by atoms with Crippen molar-refractivity contribution in [2.75, 3.05) is 26.2 Å². The van der Waals surface area contributed by atoms with Crippen molar-refractivity contribution in [1.29, 1.82) is 0 Å². The van der Waals surface area contributed by atoms with Crippen LogP contribution >= 0.6 is 11.3 Å². The van der Waals surface area contributed by atoms with Gasteiger partial charge >= 0.3 is 0 Å². The van der Waals surface area contributed by atoms with Crippen LogP contribution in [0.25, 0.3) is 0 Å². The zero-order valence-corrected chi connectivity index (χ0v) is 14.8. The lowest BCUT2D eigenvalue weighted by atomic mass is 10.00. The number of hydrogen-bond acceptors (Lipinski definition) is 3. The summed E-state index contributed by atoms with van der Waals surface area (Å²) in [5, 5.41) is 2.14. The lowest BCUT2D eigenvalue weighted by Crippen LogP contribution is -2.37. The Hall–Kier alpha value is -1.65. The number of aryl methyl sites for hydroxylation is 1. The summed E-state index contributed by atoms with van der Waals surface area (Å²) in [6, 6.07) is 12.8. The first-order valence-corrected chi connectivity index (χ1v) is 9.80. The fourth-order valence-corrected chi connectivity index (χ4v) is 4.75. The topological polar surface area (TPSA) is 23.6 Å². The van der Waals surface area contributed by atoms with Crippen molar-refractivity contribution < 1.29 is 4.79 Å². The Balaban J connectivity index is 1.39. The Morgan fingerprint density at radius 3 is 2.88 bits per heavy atom. The highest BCUT2D eigenvalue weighted by Crippen LogP contribution is 2.34. The first kappa shape index (κ1) is 15.9. The van der Waals surface area contributed by atoms with E-state index < -0.39 is 0 Å². The highest BCUT2D eigenvalue weighted by Gasteiger charge is 2.32. The molecular formula is C20H24N2OS. The van der Waals surface area contributed by atoms with E-state index in [0.717, 1.165) is 52.0 Å². The number of benzene rings is 1. The minimum atomic E-state index is 0.0880. The van der Waals surface area contributed by atoms with Crippen LogP contribution in [0.5, 0.6) is 0 Å². The molecule has 2 aromatic rings. The molecule has 2 heterocycles. The minimum Gasteiger partial charge on any atom is -0.341 e. The van der Waals surface area contributed by atoms with E-state index in [4.69, 9.17) is 0 Å². The summed E-state index contributed by atoms with van der Waals surface area (Å²) < 4.78 is 0. The van der Waals surface area contributed by atoms with Gasteiger partial charge in [-0.05, 0) is 41.8 Å². The zero-order valence-electron chi connectivity index (χ0n) is 14.0. The molecule has 0 N–H and O–H groups in total. The van der Waals surface area contributed by atoms with Gasteiger partial charge in [-0.15, -0.1) is 11.3 Å². The second-order valence-corrected chi connectivity index (χ2v) is 7.86. The molecule has 1 unspecified atom stereocenters. The molecule has 24 heavy (non-hydrogen) atoms. The third-order valence-electron chi connectivity index (χ3n) is 5.29. The summed E-state index contributed by atoms with van der Waals surface area (Å²) in [4.78, 5) is 19.1. The molecule has 0 bridgehead atoms. The molecule has 2 aliphatic rings. The summed E-state index contributed by atoms with van der Waals surface area (Å²) in [6.07, 6.45) is 3.10. The largest absolute Gasteiger partial charge is 0.341 e. The standard InChI is InChI=1S/C20H24N2OS/c23-20(19-9-8-16-5-1-2-7-18(16)19)22-11-4-10-21(12-13-22)15-17-6-3-14-24-17/h1-3,5-7,14,19H,4,8-13,15H2. The van der Waals surface area contributed by atoms with E-state index >= 15 is 0 Å². The van der Waals surface area contributed by atoms with Crippen LogP contribution in [0.15, 0.2) is 41.8 Å². The van der Waals surface area contributed by atoms with Gasteiger partial charge in [0.05, 0.1) is 5.92 Å². The van der Waals surface area contributed by atoms with E-state index in [1.165, 1.54) is 16.0 Å². The van der Waals surface area contributed by atoms with E-state index in [0.29, 0.717) is 5.91 Å². The molecule has 0 spiro atoms. The van der Waals surface area contributed by atoms with Crippen LogP contribution in [-0.4, -0.2) is 41.9 Å². The van der Waals surface area contributed by atoms with E-state index in [-0.39, 0.29) is 5.92 Å². The van der Waals surface area contributed by atoms with Crippen LogP contribution in [0, 0.1) is 0 Å². The number of amides is 1. The van der Waals surface area contributed by atoms with Crippen LogP contribution in [0.2, 0.25) is 0 Å². The van der Waals surface area contributed by atoms with Crippen molar-refractivity contribution in [2.45, 2.75) is 31.7 Å². The van der Waals surface area contributed by atoms with Crippen molar-refractivity contribution in [3.63, 3.8) is 0 Å². The molecule has 4 rings (SSSR count). The average Bonchev–Trinajstić information content (AvgIpc) is 3.20. The monoisotopic (exact) mass is 340 g/mol. The maximum atomic E-state index is 13.0. The van der Waals surface area contributed by atoms with E-state index in [2.05, 4.69) is 51.6 Å². The van der Waals surface area contributed by atoms with Crippen molar-refractivity contribution >= 4 is 17.2 Å². The van der Waals surface area contributed by atoms with Crippen molar-refractivity contribution in [3.8, 4) is 0 Å². The molecule has 0 saturated carbocycles. The smallest absolute Gasteiger partial charge is 0.230 e. The normalized spacial score (nSPS) is 21.5. The fraction of sp³-hybridized carbons (Fsp3) is 0.450. The molecule has 1 aromatic carbocycles. The Morgan fingerprint density at radius 2 is 2.00 bits per heavy atom. The minimum absolute atomic E-state index is 0.0880. The number of rotatable bonds is 3. The van der Waals surface area contributed by atoms with Gasteiger partial charge in [0, 0.05) is 37.6 Å². The van der Waals surface area contributed by atoms with E-state index in [1.54, 1.807) is 0 Å². The molecule has 1 aromatic heterocycles. The van der Waals surface area contributed by atoms with Gasteiger partial charge in [-0.2, -0.15) is 0 Å². The van der Waals surface area contributed by atoms with E-state index in [1.807, 2.05) is 11.3 Å². The molecular weight excluding hydrogens is 316 g/mol. The van der Waals surface area contributed by atoms with Crippen LogP contribution in [-0.2, 0) is 17.8 Å². The van der Waals surface area contributed by atoms with Gasteiger partial charge in [-0.25, -0.2) is 0 Å². The van der Waals surface area contributed by atoms with Gasteiger partial charge in [0.2, 0.25) is 5.91 Å². The number of carbonyl (C=O) groups is 1. The summed E-state index contributed by atoms with van der Waals surface area (Å²) in [5.74, 6) is 0.433. The van der Waals surface area contributed by atoms with Crippen molar-refractivity contribution in [3.05, 3.63) is 57.8 Å². The molecule has 0 radical (unpaired) electrons. The number of hydrogen-bond donors (Lipinski definition) is 0. The molecule has 1 atom stereocenters. The Morgan fingerprint density at radius 1 is 1.08 bits per heavy atom. The van der Waals surface area contributed by atoms with Crippen molar-refractivity contribution in [1.82, 2.24) is 9.80 Å². The first-order valence-electron chi connectivity index (χ1n) is 8.92. The summed E-state index contributed by atoms with van der Waals surface area (Å²) in [6.45, 7) is 4.86. The summed E-state index contributed by atoms with van der Waals surface area (Å²) >= 11 is 1.82. The van der Waals surface area contributed by atoms with Crippen LogP contribution in [0.3, 0.4) is 0 Å². The summed E-state index contributed by atoms with van der Waals surface area (Å²) in [5.41, 5.74) is 2.63. The van der Waals surface area contributed by atoms with Crippen LogP contribution in [0.1, 0.15) is 34.8 Å². The van der Waals surface area contributed by atoms with Gasteiger partial charge in [0.15, 0.2) is 0 Å². The van der Waals surface area contributed by atoms with Gasteiger partial charge < -0.3 is 4.90 Å². The van der Waals surface area contributed by atoms with Gasteiger partial charge in [-0.1, -0.05) is 30.3 Å². The van der Waals surface area contributed by atoms with E-state index in [9.17, 15) is 4.79 Å².